The van der Waals surface area contributed by atoms with Gasteiger partial charge in [0.2, 0.25) is 5.91 Å². The second-order valence-corrected chi connectivity index (χ2v) is 8.00. The first-order valence-corrected chi connectivity index (χ1v) is 10.7. The predicted molar refractivity (Wildman–Crippen MR) is 120 cm³/mol. The zero-order valence-electron chi connectivity index (χ0n) is 16.9. The van der Waals surface area contributed by atoms with Crippen LogP contribution in [0.15, 0.2) is 71.9 Å². The highest BCUT2D eigenvalue weighted by molar-refractivity contribution is 7.99. The molecule has 7 heteroatoms. The predicted octanol–water partition coefficient (Wildman–Crippen LogP) is 4.53. The Bertz CT molecular complexity index is 1140. The van der Waals surface area contributed by atoms with E-state index in [0.29, 0.717) is 5.82 Å². The van der Waals surface area contributed by atoms with Crippen molar-refractivity contribution in [3.63, 3.8) is 0 Å². The molecule has 2 heterocycles. The number of thioether (sulfide) groups is 1. The van der Waals surface area contributed by atoms with Crippen LogP contribution in [0.1, 0.15) is 22.6 Å². The number of rotatable bonds is 7. The van der Waals surface area contributed by atoms with Gasteiger partial charge in [-0.15, -0.1) is 0 Å². The van der Waals surface area contributed by atoms with Gasteiger partial charge in [0.25, 0.3) is 0 Å². The van der Waals surface area contributed by atoms with Crippen molar-refractivity contribution < 1.29 is 4.79 Å². The van der Waals surface area contributed by atoms with E-state index < -0.39 is 0 Å². The molecular weight excluding hydrogens is 394 g/mol. The molecule has 4 rings (SSSR count). The van der Waals surface area contributed by atoms with Gasteiger partial charge < -0.3 is 10.3 Å². The number of H-pyrrole nitrogens is 1. The standard InChI is InChI=1S/C23H23N5OS/c1-16-13-21(28(27-16)19-11-7-4-8-12-19)26-22(29)15-30-23-24-17(2)20(25-23)14-18-9-5-3-6-10-18/h3-13H,14-15H2,1-2H3,(H,24,25)(H,26,29). The molecule has 0 atom stereocenters. The van der Waals surface area contributed by atoms with Crippen molar-refractivity contribution >= 4 is 23.5 Å². The van der Waals surface area contributed by atoms with Crippen LogP contribution in [0.4, 0.5) is 5.82 Å². The first-order valence-electron chi connectivity index (χ1n) is 9.72. The van der Waals surface area contributed by atoms with Gasteiger partial charge >= 0.3 is 0 Å². The van der Waals surface area contributed by atoms with E-state index in [1.165, 1.54) is 17.3 Å². The van der Waals surface area contributed by atoms with Gasteiger partial charge in [0.1, 0.15) is 5.82 Å². The summed E-state index contributed by atoms with van der Waals surface area (Å²) in [5.74, 6) is 0.817. The minimum absolute atomic E-state index is 0.101. The third-order valence-corrected chi connectivity index (χ3v) is 5.49. The van der Waals surface area contributed by atoms with Gasteiger partial charge in [0, 0.05) is 18.2 Å². The number of nitrogens with one attached hydrogen (secondary N) is 2. The quantitative estimate of drug-likeness (QED) is 0.433. The summed E-state index contributed by atoms with van der Waals surface area (Å²) in [6.45, 7) is 3.92. The average molecular weight is 418 g/mol. The summed E-state index contributed by atoms with van der Waals surface area (Å²) in [7, 11) is 0. The molecule has 0 spiro atoms. The van der Waals surface area contributed by atoms with Gasteiger partial charge in [-0.05, 0) is 31.5 Å². The number of para-hydroxylation sites is 1. The number of hydrogen-bond acceptors (Lipinski definition) is 4. The number of carbonyl (C=O) groups excluding carboxylic acids is 1. The topological polar surface area (TPSA) is 75.6 Å². The molecule has 0 aliphatic carbocycles. The monoisotopic (exact) mass is 417 g/mol. The van der Waals surface area contributed by atoms with E-state index in [2.05, 4.69) is 32.5 Å². The van der Waals surface area contributed by atoms with E-state index in [1.807, 2.05) is 68.4 Å². The van der Waals surface area contributed by atoms with Crippen molar-refractivity contribution in [1.82, 2.24) is 19.7 Å². The molecule has 0 fully saturated rings. The molecule has 0 unspecified atom stereocenters. The Hall–Kier alpha value is -3.32. The number of carbonyl (C=O) groups is 1. The Morgan fingerprint density at radius 1 is 1.07 bits per heavy atom. The van der Waals surface area contributed by atoms with E-state index >= 15 is 0 Å². The maximum absolute atomic E-state index is 12.5. The largest absolute Gasteiger partial charge is 0.337 e. The smallest absolute Gasteiger partial charge is 0.236 e. The summed E-state index contributed by atoms with van der Waals surface area (Å²) in [4.78, 5) is 20.5. The molecule has 0 saturated heterocycles. The molecule has 2 N–H and O–H groups in total. The van der Waals surface area contributed by atoms with Gasteiger partial charge in [-0.2, -0.15) is 5.10 Å². The Kier molecular flexibility index (Phi) is 5.99. The lowest BCUT2D eigenvalue weighted by Gasteiger charge is -2.08. The summed E-state index contributed by atoms with van der Waals surface area (Å²) in [5.41, 5.74) is 4.99. The van der Waals surface area contributed by atoms with Gasteiger partial charge in [0.05, 0.1) is 22.8 Å². The van der Waals surface area contributed by atoms with Crippen LogP contribution >= 0.6 is 11.8 Å². The van der Waals surface area contributed by atoms with Gasteiger partial charge in [0.15, 0.2) is 5.16 Å². The van der Waals surface area contributed by atoms with Crippen molar-refractivity contribution in [2.45, 2.75) is 25.4 Å². The molecule has 6 nitrogen and oxygen atoms in total. The number of hydrogen-bond donors (Lipinski definition) is 2. The lowest BCUT2D eigenvalue weighted by molar-refractivity contribution is -0.113. The molecule has 152 valence electrons. The maximum atomic E-state index is 12.5. The van der Waals surface area contributed by atoms with Crippen molar-refractivity contribution in [3.8, 4) is 5.69 Å². The van der Waals surface area contributed by atoms with Crippen LogP contribution in [0.3, 0.4) is 0 Å². The summed E-state index contributed by atoms with van der Waals surface area (Å²) in [5, 5.41) is 8.20. The van der Waals surface area contributed by atoms with Crippen LogP contribution in [-0.2, 0) is 11.2 Å². The molecule has 0 aliphatic rings. The summed E-state index contributed by atoms with van der Waals surface area (Å²) in [6.07, 6.45) is 0.769. The second-order valence-electron chi connectivity index (χ2n) is 7.03. The van der Waals surface area contributed by atoms with Crippen molar-refractivity contribution in [1.29, 1.82) is 0 Å². The Balaban J connectivity index is 1.39. The van der Waals surface area contributed by atoms with E-state index in [1.54, 1.807) is 4.68 Å². The molecule has 0 aliphatic heterocycles. The number of aromatic amines is 1. The lowest BCUT2D eigenvalue weighted by Crippen LogP contribution is -2.17. The molecule has 2 aromatic heterocycles. The van der Waals surface area contributed by atoms with Gasteiger partial charge in [-0.1, -0.05) is 60.3 Å². The molecule has 2 aromatic carbocycles. The summed E-state index contributed by atoms with van der Waals surface area (Å²) >= 11 is 1.39. The van der Waals surface area contributed by atoms with Crippen LogP contribution < -0.4 is 5.32 Å². The first kappa shape index (κ1) is 20.0. The Morgan fingerprint density at radius 2 is 1.77 bits per heavy atom. The summed E-state index contributed by atoms with van der Waals surface area (Å²) in [6, 6.07) is 21.9. The first-order chi connectivity index (χ1) is 14.6. The van der Waals surface area contributed by atoms with Gasteiger partial charge in [-0.3, -0.25) is 4.79 Å². The van der Waals surface area contributed by atoms with E-state index in [4.69, 9.17) is 0 Å². The molecule has 0 bridgehead atoms. The SMILES string of the molecule is Cc1cc(NC(=O)CSc2nc(Cc3ccccc3)c(C)[nH]2)n(-c2ccccc2)n1. The Morgan fingerprint density at radius 3 is 2.50 bits per heavy atom. The van der Waals surface area contributed by atoms with E-state index in [-0.39, 0.29) is 11.7 Å². The minimum Gasteiger partial charge on any atom is -0.337 e. The highest BCUT2D eigenvalue weighted by atomic mass is 32.2. The van der Waals surface area contributed by atoms with Crippen LogP contribution in [0, 0.1) is 13.8 Å². The number of imidazole rings is 1. The third kappa shape index (κ3) is 4.80. The van der Waals surface area contributed by atoms with Gasteiger partial charge in [-0.25, -0.2) is 9.67 Å². The molecule has 0 saturated carbocycles. The second kappa shape index (κ2) is 9.00. The van der Waals surface area contributed by atoms with Crippen LogP contribution in [-0.4, -0.2) is 31.4 Å². The number of benzene rings is 2. The summed E-state index contributed by atoms with van der Waals surface area (Å²) < 4.78 is 1.74. The minimum atomic E-state index is -0.101. The van der Waals surface area contributed by atoms with Crippen LogP contribution in [0.2, 0.25) is 0 Å². The van der Waals surface area contributed by atoms with Crippen molar-refractivity contribution in [2.75, 3.05) is 11.1 Å². The fourth-order valence-corrected chi connectivity index (χ4v) is 3.90. The zero-order chi connectivity index (χ0) is 20.9. The molecular formula is C23H23N5OS. The molecule has 4 aromatic rings. The Labute approximate surface area is 179 Å². The van der Waals surface area contributed by atoms with Crippen LogP contribution in [0.5, 0.6) is 0 Å². The van der Waals surface area contributed by atoms with E-state index in [9.17, 15) is 4.79 Å². The fourth-order valence-electron chi connectivity index (χ4n) is 3.16. The average Bonchev–Trinajstić information content (AvgIpc) is 3.29. The van der Waals surface area contributed by atoms with Crippen molar-refractivity contribution in [2.24, 2.45) is 0 Å². The normalized spacial score (nSPS) is 10.9. The zero-order valence-corrected chi connectivity index (χ0v) is 17.7. The maximum Gasteiger partial charge on any atom is 0.236 e. The van der Waals surface area contributed by atoms with Crippen molar-refractivity contribution in [3.05, 3.63) is 89.4 Å². The fraction of sp³-hybridized carbons (Fsp3) is 0.174. The molecule has 1 amide bonds. The number of anilines is 1. The number of aromatic nitrogens is 4. The third-order valence-electron chi connectivity index (χ3n) is 4.62. The van der Waals surface area contributed by atoms with E-state index in [0.717, 1.165) is 34.3 Å². The lowest BCUT2D eigenvalue weighted by atomic mass is 10.1. The number of aryl methyl sites for hydroxylation is 2. The highest BCUT2D eigenvalue weighted by Crippen LogP contribution is 2.21. The highest BCUT2D eigenvalue weighted by Gasteiger charge is 2.13. The molecule has 0 radical (unpaired) electrons. The number of nitrogens with zero attached hydrogens (tertiary/aromatic N) is 3. The number of amides is 1. The molecule has 30 heavy (non-hydrogen) atoms. The van der Waals surface area contributed by atoms with Crippen LogP contribution in [0.25, 0.3) is 5.69 Å².